The van der Waals surface area contributed by atoms with Crippen molar-refractivity contribution in [3.63, 3.8) is 0 Å². The Bertz CT molecular complexity index is 923. The highest BCUT2D eigenvalue weighted by atomic mass is 32.1. The smallest absolute Gasteiger partial charge is 0.337 e. The Morgan fingerprint density at radius 3 is 2.30 bits per heavy atom. The van der Waals surface area contributed by atoms with Crippen LogP contribution in [-0.4, -0.2) is 29.3 Å². The van der Waals surface area contributed by atoms with E-state index in [1.54, 1.807) is 17.0 Å². The van der Waals surface area contributed by atoms with E-state index in [-0.39, 0.29) is 5.56 Å². The molecule has 2 N–H and O–H groups in total. The molecule has 1 heterocycles. The fourth-order valence-corrected chi connectivity index (χ4v) is 3.43. The molecule has 1 unspecified atom stereocenters. The topological polar surface area (TPSA) is 78.9 Å². The summed E-state index contributed by atoms with van der Waals surface area (Å²) in [5, 5.41) is 12.7. The molecule has 138 valence electrons. The number of carbonyl (C=O) groups excluding carboxylic acids is 1. The van der Waals surface area contributed by atoms with E-state index in [1.807, 2.05) is 37.3 Å². The standard InChI is InChI=1S/C20H18N2O4S/c1-12-16(19(25)26-2)17(13-8-10-14(11-9-13)18(23)24)21-20(27)22(12)15-6-4-3-5-7-15/h3-11,17H,1-2H3,(H,21,27)(H,23,24). The number of hydrogen-bond acceptors (Lipinski definition) is 4. The van der Waals surface area contributed by atoms with Crippen molar-refractivity contribution in [1.29, 1.82) is 0 Å². The SMILES string of the molecule is COC(=O)C1=C(C)N(c2ccccc2)C(=S)NC1c1ccc(C(=O)O)cc1. The molecule has 0 spiro atoms. The Hall–Kier alpha value is -3.19. The van der Waals surface area contributed by atoms with E-state index in [9.17, 15) is 9.59 Å². The molecule has 2 aromatic carbocycles. The summed E-state index contributed by atoms with van der Waals surface area (Å²) in [4.78, 5) is 25.4. The summed E-state index contributed by atoms with van der Waals surface area (Å²) in [7, 11) is 1.33. The number of carbonyl (C=O) groups is 2. The first-order chi connectivity index (χ1) is 12.9. The van der Waals surface area contributed by atoms with Crippen LogP contribution in [0, 0.1) is 0 Å². The Morgan fingerprint density at radius 2 is 1.74 bits per heavy atom. The number of nitrogens with zero attached hydrogens (tertiary/aromatic N) is 1. The number of rotatable bonds is 4. The number of carboxylic acids is 1. The number of anilines is 1. The average molecular weight is 382 g/mol. The summed E-state index contributed by atoms with van der Waals surface area (Å²) in [6.07, 6.45) is 0. The van der Waals surface area contributed by atoms with Crippen molar-refractivity contribution in [2.75, 3.05) is 12.0 Å². The number of para-hydroxylation sites is 1. The fraction of sp³-hybridized carbons (Fsp3) is 0.150. The van der Waals surface area contributed by atoms with Gasteiger partial charge in [0.25, 0.3) is 0 Å². The van der Waals surface area contributed by atoms with Crippen molar-refractivity contribution < 1.29 is 19.4 Å². The van der Waals surface area contributed by atoms with Crippen LogP contribution in [0.15, 0.2) is 65.9 Å². The average Bonchev–Trinajstić information content (AvgIpc) is 2.68. The van der Waals surface area contributed by atoms with Crippen LogP contribution in [0.4, 0.5) is 5.69 Å². The number of thiocarbonyl (C=S) groups is 1. The van der Waals surface area contributed by atoms with Crippen molar-refractivity contribution in [2.24, 2.45) is 0 Å². The number of ether oxygens (including phenoxy) is 1. The Labute approximate surface area is 162 Å². The summed E-state index contributed by atoms with van der Waals surface area (Å²) in [6, 6.07) is 15.3. The van der Waals surface area contributed by atoms with Crippen LogP contribution in [0.2, 0.25) is 0 Å². The molecule has 3 rings (SSSR count). The van der Waals surface area contributed by atoms with Gasteiger partial charge < -0.3 is 15.2 Å². The number of nitrogens with one attached hydrogen (secondary N) is 1. The van der Waals surface area contributed by atoms with Gasteiger partial charge in [-0.1, -0.05) is 30.3 Å². The maximum atomic E-state index is 12.5. The van der Waals surface area contributed by atoms with Crippen LogP contribution in [-0.2, 0) is 9.53 Å². The zero-order valence-corrected chi connectivity index (χ0v) is 15.6. The molecular formula is C20H18N2O4S. The molecule has 0 aliphatic carbocycles. The second-order valence-electron chi connectivity index (χ2n) is 5.97. The lowest BCUT2D eigenvalue weighted by Crippen LogP contribution is -2.48. The minimum absolute atomic E-state index is 0.170. The number of aromatic carboxylic acids is 1. The quantitative estimate of drug-likeness (QED) is 0.621. The van der Waals surface area contributed by atoms with Gasteiger partial charge in [0.2, 0.25) is 0 Å². The van der Waals surface area contributed by atoms with Crippen LogP contribution in [0.3, 0.4) is 0 Å². The Morgan fingerprint density at radius 1 is 1.11 bits per heavy atom. The normalized spacial score (nSPS) is 16.7. The zero-order chi connectivity index (χ0) is 19.6. The number of benzene rings is 2. The molecule has 0 saturated heterocycles. The van der Waals surface area contributed by atoms with Crippen LogP contribution in [0.1, 0.15) is 28.9 Å². The van der Waals surface area contributed by atoms with Gasteiger partial charge in [0.1, 0.15) is 0 Å². The van der Waals surface area contributed by atoms with Crippen molar-refractivity contribution in [3.8, 4) is 0 Å². The number of allylic oxidation sites excluding steroid dienone is 1. The number of carboxylic acid groups (broad SMARTS) is 1. The summed E-state index contributed by atoms with van der Waals surface area (Å²) >= 11 is 5.54. The highest BCUT2D eigenvalue weighted by Gasteiger charge is 2.35. The van der Waals surface area contributed by atoms with E-state index >= 15 is 0 Å². The predicted molar refractivity (Wildman–Crippen MR) is 106 cm³/mol. The van der Waals surface area contributed by atoms with Gasteiger partial charge in [-0.15, -0.1) is 0 Å². The Kier molecular flexibility index (Phi) is 5.23. The molecule has 0 aromatic heterocycles. The molecular weight excluding hydrogens is 364 g/mol. The van der Waals surface area contributed by atoms with Gasteiger partial charge in [-0.25, -0.2) is 9.59 Å². The minimum Gasteiger partial charge on any atom is -0.478 e. The third kappa shape index (κ3) is 3.54. The van der Waals surface area contributed by atoms with Crippen LogP contribution in [0.25, 0.3) is 0 Å². The van der Waals surface area contributed by atoms with Crippen molar-refractivity contribution in [3.05, 3.63) is 77.0 Å². The summed E-state index contributed by atoms with van der Waals surface area (Å²) in [6.45, 7) is 1.81. The van der Waals surface area contributed by atoms with Crippen LogP contribution in [0.5, 0.6) is 0 Å². The fourth-order valence-electron chi connectivity index (χ4n) is 3.07. The second-order valence-corrected chi connectivity index (χ2v) is 6.36. The lowest BCUT2D eigenvalue weighted by Gasteiger charge is -2.37. The largest absolute Gasteiger partial charge is 0.478 e. The zero-order valence-electron chi connectivity index (χ0n) is 14.8. The Balaban J connectivity index is 2.09. The summed E-state index contributed by atoms with van der Waals surface area (Å²) in [5.74, 6) is -1.49. The first kappa shape index (κ1) is 18.6. The highest BCUT2D eigenvalue weighted by molar-refractivity contribution is 7.80. The first-order valence-electron chi connectivity index (χ1n) is 8.22. The van der Waals surface area contributed by atoms with Gasteiger partial charge in [0, 0.05) is 11.4 Å². The first-order valence-corrected chi connectivity index (χ1v) is 8.63. The molecule has 1 aliphatic rings. The maximum absolute atomic E-state index is 12.5. The molecule has 2 aromatic rings. The number of hydrogen-bond donors (Lipinski definition) is 2. The predicted octanol–water partition coefficient (Wildman–Crippen LogP) is 3.27. The molecule has 0 bridgehead atoms. The second kappa shape index (κ2) is 7.59. The van der Waals surface area contributed by atoms with Gasteiger partial charge in [-0.3, -0.25) is 4.90 Å². The molecule has 0 saturated carbocycles. The molecule has 7 heteroatoms. The molecule has 0 amide bonds. The van der Waals surface area contributed by atoms with E-state index in [1.165, 1.54) is 19.2 Å². The monoisotopic (exact) mass is 382 g/mol. The molecule has 0 fully saturated rings. The third-order valence-electron chi connectivity index (χ3n) is 4.40. The summed E-state index contributed by atoms with van der Waals surface area (Å²) < 4.78 is 4.99. The maximum Gasteiger partial charge on any atom is 0.337 e. The van der Waals surface area contributed by atoms with E-state index in [0.29, 0.717) is 16.4 Å². The van der Waals surface area contributed by atoms with Crippen LogP contribution >= 0.6 is 12.2 Å². The lowest BCUT2D eigenvalue weighted by atomic mass is 9.94. The van der Waals surface area contributed by atoms with Gasteiger partial charge in [-0.2, -0.15) is 0 Å². The number of methoxy groups -OCH3 is 1. The summed E-state index contributed by atoms with van der Waals surface area (Å²) in [5.41, 5.74) is 2.79. The van der Waals surface area contributed by atoms with Gasteiger partial charge in [0.05, 0.1) is 24.3 Å². The van der Waals surface area contributed by atoms with Crippen molar-refractivity contribution in [2.45, 2.75) is 13.0 Å². The highest BCUT2D eigenvalue weighted by Crippen LogP contribution is 2.34. The van der Waals surface area contributed by atoms with Gasteiger partial charge >= 0.3 is 11.9 Å². The third-order valence-corrected chi connectivity index (χ3v) is 4.70. The van der Waals surface area contributed by atoms with Gasteiger partial charge in [0.15, 0.2) is 5.11 Å². The molecule has 1 atom stereocenters. The minimum atomic E-state index is -1.01. The molecule has 27 heavy (non-hydrogen) atoms. The van der Waals surface area contributed by atoms with E-state index in [2.05, 4.69) is 5.32 Å². The van der Waals surface area contributed by atoms with Gasteiger partial charge in [-0.05, 0) is 49.0 Å². The molecule has 6 nitrogen and oxygen atoms in total. The van der Waals surface area contributed by atoms with Crippen molar-refractivity contribution >= 4 is 35.0 Å². The lowest BCUT2D eigenvalue weighted by molar-refractivity contribution is -0.136. The van der Waals surface area contributed by atoms with E-state index in [4.69, 9.17) is 22.1 Å². The van der Waals surface area contributed by atoms with E-state index in [0.717, 1.165) is 11.3 Å². The van der Waals surface area contributed by atoms with E-state index < -0.39 is 18.0 Å². The van der Waals surface area contributed by atoms with Crippen LogP contribution < -0.4 is 10.2 Å². The molecule has 0 radical (unpaired) electrons. The van der Waals surface area contributed by atoms with Crippen molar-refractivity contribution in [1.82, 2.24) is 5.32 Å². The number of esters is 1. The molecule has 1 aliphatic heterocycles.